The third-order valence-corrected chi connectivity index (χ3v) is 6.75. The first kappa shape index (κ1) is 23.9. The molecule has 0 saturated heterocycles. The number of H-pyrrole nitrogens is 1. The summed E-state index contributed by atoms with van der Waals surface area (Å²) >= 11 is 0. The summed E-state index contributed by atoms with van der Waals surface area (Å²) in [6, 6.07) is 19.3. The maximum atomic E-state index is 13.2. The summed E-state index contributed by atoms with van der Waals surface area (Å²) in [7, 11) is 0. The lowest BCUT2D eigenvalue weighted by molar-refractivity contribution is 0.116. The Morgan fingerprint density at radius 2 is 1.84 bits per heavy atom. The van der Waals surface area contributed by atoms with Crippen LogP contribution in [0.1, 0.15) is 42.6 Å². The predicted octanol–water partition coefficient (Wildman–Crippen LogP) is 4.28. The number of nitrogens with one attached hydrogen (secondary N) is 1. The van der Waals surface area contributed by atoms with E-state index in [-0.39, 0.29) is 24.3 Å². The van der Waals surface area contributed by atoms with Gasteiger partial charge in [-0.2, -0.15) is 0 Å². The van der Waals surface area contributed by atoms with Crippen LogP contribution in [0.4, 0.5) is 0 Å². The topological polar surface area (TPSA) is 111 Å². The van der Waals surface area contributed by atoms with E-state index in [0.29, 0.717) is 42.2 Å². The van der Waals surface area contributed by atoms with Gasteiger partial charge in [0.05, 0.1) is 30.9 Å². The molecule has 10 heteroatoms. The van der Waals surface area contributed by atoms with Gasteiger partial charge in [-0.25, -0.2) is 4.68 Å². The van der Waals surface area contributed by atoms with Crippen LogP contribution in [-0.4, -0.2) is 36.9 Å². The summed E-state index contributed by atoms with van der Waals surface area (Å²) in [4.78, 5) is 18.4. The summed E-state index contributed by atoms with van der Waals surface area (Å²) in [6.07, 6.45) is 1.66. The number of ether oxygens (including phenoxy) is 2. The van der Waals surface area contributed by atoms with Crippen LogP contribution < -0.4 is 15.0 Å². The van der Waals surface area contributed by atoms with Crippen LogP contribution in [0.5, 0.6) is 11.5 Å². The zero-order valence-corrected chi connectivity index (χ0v) is 21.2. The van der Waals surface area contributed by atoms with E-state index in [1.54, 1.807) is 12.3 Å². The second kappa shape index (κ2) is 10.1. The molecular weight excluding hydrogens is 484 g/mol. The maximum absolute atomic E-state index is 13.2. The van der Waals surface area contributed by atoms with E-state index in [9.17, 15) is 4.79 Å². The molecule has 0 unspecified atom stereocenters. The molecule has 2 aromatic carbocycles. The highest BCUT2D eigenvalue weighted by molar-refractivity contribution is 5.83. The van der Waals surface area contributed by atoms with Gasteiger partial charge in [-0.15, -0.1) is 5.10 Å². The number of aromatic nitrogens is 5. The molecule has 1 aliphatic rings. The molecule has 10 nitrogen and oxygen atoms in total. The number of hydrogen-bond acceptors (Lipinski definition) is 8. The minimum Gasteiger partial charge on any atom is -0.468 e. The van der Waals surface area contributed by atoms with Gasteiger partial charge >= 0.3 is 0 Å². The average Bonchev–Trinajstić information content (AvgIpc) is 3.67. The van der Waals surface area contributed by atoms with Crippen LogP contribution in [0.25, 0.3) is 10.9 Å². The third-order valence-electron chi connectivity index (χ3n) is 6.75. The number of furan rings is 1. The van der Waals surface area contributed by atoms with Gasteiger partial charge in [0.25, 0.3) is 5.56 Å². The Labute approximate surface area is 218 Å². The molecule has 3 aromatic heterocycles. The molecule has 0 saturated carbocycles. The van der Waals surface area contributed by atoms with E-state index in [1.165, 1.54) is 0 Å². The van der Waals surface area contributed by atoms with Crippen molar-refractivity contribution in [3.63, 3.8) is 0 Å². The summed E-state index contributed by atoms with van der Waals surface area (Å²) < 4.78 is 18.6. The fourth-order valence-electron chi connectivity index (χ4n) is 5.01. The summed E-state index contributed by atoms with van der Waals surface area (Å²) in [6.45, 7) is 5.82. The second-order valence-electron chi connectivity index (χ2n) is 9.77. The Morgan fingerprint density at radius 1 is 1.03 bits per heavy atom. The number of aromatic amines is 1. The lowest BCUT2D eigenvalue weighted by Gasteiger charge is -2.33. The van der Waals surface area contributed by atoms with Crippen LogP contribution in [0.2, 0.25) is 0 Å². The first-order valence-electron chi connectivity index (χ1n) is 12.6. The predicted molar refractivity (Wildman–Crippen MR) is 140 cm³/mol. The summed E-state index contributed by atoms with van der Waals surface area (Å²) in [5.41, 5.74) is 2.27. The smallest absolute Gasteiger partial charge is 0.252 e. The minimum absolute atomic E-state index is 0.138. The van der Waals surface area contributed by atoms with Crippen LogP contribution in [-0.2, 0) is 19.6 Å². The first-order valence-corrected chi connectivity index (χ1v) is 12.6. The Kier molecular flexibility index (Phi) is 6.38. The lowest BCUT2D eigenvalue weighted by atomic mass is 10.00. The number of pyridine rings is 1. The highest BCUT2D eigenvalue weighted by Gasteiger charge is 2.31. The molecule has 1 N–H and O–H groups in total. The van der Waals surface area contributed by atoms with Gasteiger partial charge in [0.1, 0.15) is 5.76 Å². The quantitative estimate of drug-likeness (QED) is 0.311. The first-order chi connectivity index (χ1) is 18.5. The zero-order valence-electron chi connectivity index (χ0n) is 21.2. The second-order valence-corrected chi connectivity index (χ2v) is 9.77. The van der Waals surface area contributed by atoms with Gasteiger partial charge in [0.2, 0.25) is 6.79 Å². The molecule has 1 aliphatic heterocycles. The van der Waals surface area contributed by atoms with Crippen molar-refractivity contribution in [1.82, 2.24) is 30.1 Å². The van der Waals surface area contributed by atoms with E-state index < -0.39 is 0 Å². The van der Waals surface area contributed by atoms with E-state index in [0.717, 1.165) is 22.5 Å². The molecule has 0 bridgehead atoms. The third kappa shape index (κ3) is 4.78. The molecule has 4 heterocycles. The SMILES string of the molecule is CC(C)[C@@H](c1nnnn1Cc1ccccc1)N(Cc1ccco1)Cc1cc2cc3c(cc2[nH]c1=O)OCO3. The number of fused-ring (bicyclic) bond motifs is 2. The van der Waals surface area contributed by atoms with Crippen molar-refractivity contribution in [2.45, 2.75) is 39.5 Å². The molecule has 0 radical (unpaired) electrons. The number of rotatable bonds is 9. The molecule has 0 aliphatic carbocycles. The normalized spacial score (nSPS) is 13.6. The molecule has 0 spiro atoms. The Morgan fingerprint density at radius 3 is 2.61 bits per heavy atom. The molecule has 194 valence electrons. The van der Waals surface area contributed by atoms with Crippen molar-refractivity contribution >= 4 is 10.9 Å². The maximum Gasteiger partial charge on any atom is 0.252 e. The molecular formula is C28H28N6O4. The van der Waals surface area contributed by atoms with Gasteiger partial charge in [0.15, 0.2) is 17.3 Å². The summed E-state index contributed by atoms with van der Waals surface area (Å²) in [5, 5.41) is 13.6. The average molecular weight is 513 g/mol. The lowest BCUT2D eigenvalue weighted by Crippen LogP contribution is -2.35. The van der Waals surface area contributed by atoms with E-state index in [1.807, 2.05) is 47.1 Å². The van der Waals surface area contributed by atoms with E-state index >= 15 is 0 Å². The van der Waals surface area contributed by atoms with Crippen molar-refractivity contribution in [1.29, 1.82) is 0 Å². The van der Waals surface area contributed by atoms with Crippen LogP contribution in [0, 0.1) is 5.92 Å². The van der Waals surface area contributed by atoms with E-state index in [4.69, 9.17) is 13.9 Å². The molecule has 0 amide bonds. The van der Waals surface area contributed by atoms with Crippen LogP contribution in [0.15, 0.2) is 76.1 Å². The number of hydrogen-bond donors (Lipinski definition) is 1. The van der Waals surface area contributed by atoms with Gasteiger partial charge in [-0.3, -0.25) is 9.69 Å². The summed E-state index contributed by atoms with van der Waals surface area (Å²) in [5.74, 6) is 2.96. The number of nitrogens with zero attached hydrogens (tertiary/aromatic N) is 5. The molecule has 5 aromatic rings. The Balaban J connectivity index is 1.38. The Hall–Kier alpha value is -4.44. The monoisotopic (exact) mass is 512 g/mol. The van der Waals surface area contributed by atoms with Crippen LogP contribution in [0.3, 0.4) is 0 Å². The largest absolute Gasteiger partial charge is 0.468 e. The number of tetrazole rings is 1. The molecule has 6 rings (SSSR count). The fourth-order valence-corrected chi connectivity index (χ4v) is 5.01. The molecule has 1 atom stereocenters. The van der Waals surface area contributed by atoms with Crippen molar-refractivity contribution in [3.8, 4) is 11.5 Å². The van der Waals surface area contributed by atoms with Crippen molar-refractivity contribution in [2.75, 3.05) is 6.79 Å². The molecule has 38 heavy (non-hydrogen) atoms. The van der Waals surface area contributed by atoms with Gasteiger partial charge < -0.3 is 18.9 Å². The van der Waals surface area contributed by atoms with Crippen molar-refractivity contribution < 1.29 is 13.9 Å². The zero-order chi connectivity index (χ0) is 26.1. The van der Waals surface area contributed by atoms with Crippen molar-refractivity contribution in [3.05, 3.63) is 100.0 Å². The van der Waals surface area contributed by atoms with Gasteiger partial charge in [-0.1, -0.05) is 44.2 Å². The van der Waals surface area contributed by atoms with E-state index in [2.05, 4.69) is 51.4 Å². The minimum atomic E-state index is -0.189. The molecule has 0 fully saturated rings. The van der Waals surface area contributed by atoms with Crippen LogP contribution >= 0.6 is 0 Å². The Bertz CT molecular complexity index is 1590. The fraction of sp³-hybridized carbons (Fsp3) is 0.286. The van der Waals surface area contributed by atoms with Gasteiger partial charge in [0, 0.05) is 23.6 Å². The standard InChI is InChI=1S/C28H28N6O4/c1-18(2)26(27-30-31-32-34(27)14-19-7-4-3-5-8-19)33(16-22-9-6-10-36-22)15-21-11-20-12-24-25(38-17-37-24)13-23(20)29-28(21)35/h3-13,18,26H,14-17H2,1-2H3,(H,29,35)/t26-/m0/s1. The number of benzene rings is 2. The van der Waals surface area contributed by atoms with Crippen molar-refractivity contribution in [2.24, 2.45) is 5.92 Å². The highest BCUT2D eigenvalue weighted by Crippen LogP contribution is 2.36. The van der Waals surface area contributed by atoms with Gasteiger partial charge in [-0.05, 0) is 46.2 Å². The highest BCUT2D eigenvalue weighted by atomic mass is 16.7.